The summed E-state index contributed by atoms with van der Waals surface area (Å²) in [6, 6.07) is 10.9. The summed E-state index contributed by atoms with van der Waals surface area (Å²) < 4.78 is 0. The number of carbonyl (C=O) groups is 1. The summed E-state index contributed by atoms with van der Waals surface area (Å²) in [5, 5.41) is 15.4. The van der Waals surface area contributed by atoms with Crippen LogP contribution in [-0.4, -0.2) is 10.9 Å². The van der Waals surface area contributed by atoms with E-state index in [9.17, 15) is 10.1 Å². The van der Waals surface area contributed by atoms with Crippen molar-refractivity contribution in [2.24, 2.45) is 0 Å². The molecule has 8 heteroatoms. The number of hydrogen-bond acceptors (Lipinski definition) is 5. The number of carbonyl (C=O) groups excluding carboxylic acids is 1. The van der Waals surface area contributed by atoms with Crippen LogP contribution in [0.4, 0.5) is 5.13 Å². The molecule has 0 saturated carbocycles. The summed E-state index contributed by atoms with van der Waals surface area (Å²) in [5.74, 6) is -0.484. The maximum absolute atomic E-state index is 12.3. The Morgan fingerprint density at radius 3 is 2.92 bits per heavy atom. The molecule has 3 rings (SSSR count). The summed E-state index contributed by atoms with van der Waals surface area (Å²) in [7, 11) is 0. The lowest BCUT2D eigenvalue weighted by Gasteiger charge is -2.02. The Balaban J connectivity index is 1.71. The van der Waals surface area contributed by atoms with Crippen LogP contribution in [-0.2, 0) is 11.2 Å². The van der Waals surface area contributed by atoms with Gasteiger partial charge in [-0.05, 0) is 41.3 Å². The molecule has 0 aliphatic carbocycles. The second-order valence-corrected chi connectivity index (χ2v) is 8.12. The zero-order valence-electron chi connectivity index (χ0n) is 13.2. The first-order valence-electron chi connectivity index (χ1n) is 7.40. The van der Waals surface area contributed by atoms with Crippen molar-refractivity contribution in [3.05, 3.63) is 72.8 Å². The molecule has 2 heterocycles. The van der Waals surface area contributed by atoms with Crippen LogP contribution in [0.1, 0.15) is 15.3 Å². The van der Waals surface area contributed by atoms with Gasteiger partial charge < -0.3 is 0 Å². The summed E-state index contributed by atoms with van der Waals surface area (Å²) in [4.78, 5) is 18.2. The molecule has 0 atom stereocenters. The lowest BCUT2D eigenvalue weighted by Crippen LogP contribution is -2.13. The Kier molecular flexibility index (Phi) is 6.07. The molecule has 2 aromatic heterocycles. The predicted molar refractivity (Wildman–Crippen MR) is 108 cm³/mol. The van der Waals surface area contributed by atoms with Crippen molar-refractivity contribution in [2.45, 2.75) is 6.42 Å². The predicted octanol–water partition coefficient (Wildman–Crippen LogP) is 5.65. The fourth-order valence-electron chi connectivity index (χ4n) is 2.14. The third-order valence-corrected chi connectivity index (χ3v) is 5.68. The van der Waals surface area contributed by atoms with Gasteiger partial charge in [0, 0.05) is 32.4 Å². The van der Waals surface area contributed by atoms with E-state index in [0.29, 0.717) is 21.6 Å². The summed E-state index contributed by atoms with van der Waals surface area (Å²) in [6.07, 6.45) is 3.79. The highest BCUT2D eigenvalue weighted by Gasteiger charge is 2.13. The van der Waals surface area contributed by atoms with Crippen LogP contribution >= 0.6 is 45.9 Å². The van der Waals surface area contributed by atoms with E-state index in [4.69, 9.17) is 23.2 Å². The number of halogens is 2. The summed E-state index contributed by atoms with van der Waals surface area (Å²) in [6.45, 7) is 0. The number of thiophene rings is 1. The van der Waals surface area contributed by atoms with E-state index in [0.717, 1.165) is 15.3 Å². The van der Waals surface area contributed by atoms with Gasteiger partial charge in [0.25, 0.3) is 5.91 Å². The quantitative estimate of drug-likeness (QED) is 0.429. The van der Waals surface area contributed by atoms with Gasteiger partial charge in [0.1, 0.15) is 11.6 Å². The Hall–Kier alpha value is -2.17. The minimum Gasteiger partial charge on any atom is -0.297 e. The normalized spacial score (nSPS) is 11.2. The molecule has 0 unspecified atom stereocenters. The average molecular weight is 420 g/mol. The Bertz CT molecular complexity index is 1000. The smallest absolute Gasteiger partial charge is 0.268 e. The molecule has 0 bridgehead atoms. The largest absolute Gasteiger partial charge is 0.297 e. The minimum absolute atomic E-state index is 0.0297. The number of anilines is 1. The fourth-order valence-corrected chi connectivity index (χ4v) is 4.01. The van der Waals surface area contributed by atoms with E-state index in [1.807, 2.05) is 23.6 Å². The minimum atomic E-state index is -0.484. The molecule has 26 heavy (non-hydrogen) atoms. The molecule has 1 aromatic carbocycles. The van der Waals surface area contributed by atoms with Crippen molar-refractivity contribution in [3.63, 3.8) is 0 Å². The third-order valence-electron chi connectivity index (χ3n) is 3.34. The molecule has 1 amide bonds. The number of amides is 1. The average Bonchev–Trinajstić information content (AvgIpc) is 3.28. The second-order valence-electron chi connectivity index (χ2n) is 5.18. The Morgan fingerprint density at radius 1 is 1.35 bits per heavy atom. The molecule has 4 nitrogen and oxygen atoms in total. The van der Waals surface area contributed by atoms with Crippen LogP contribution in [0, 0.1) is 11.3 Å². The van der Waals surface area contributed by atoms with Gasteiger partial charge in [-0.25, -0.2) is 4.98 Å². The Labute approximate surface area is 168 Å². The Morgan fingerprint density at radius 2 is 2.19 bits per heavy atom. The first-order valence-corrected chi connectivity index (χ1v) is 9.85. The fraction of sp³-hybridized carbons (Fsp3) is 0.0556. The van der Waals surface area contributed by atoms with Crippen LogP contribution in [0.15, 0.2) is 47.5 Å². The van der Waals surface area contributed by atoms with E-state index in [-0.39, 0.29) is 5.57 Å². The molecular formula is C18H11Cl2N3OS2. The monoisotopic (exact) mass is 419 g/mol. The number of rotatable bonds is 5. The van der Waals surface area contributed by atoms with E-state index in [2.05, 4.69) is 10.3 Å². The topological polar surface area (TPSA) is 65.8 Å². The molecule has 0 aliphatic rings. The number of nitrogens with zero attached hydrogens (tertiary/aromatic N) is 2. The zero-order chi connectivity index (χ0) is 18.5. The van der Waals surface area contributed by atoms with Crippen LogP contribution in [0.25, 0.3) is 6.08 Å². The standard InChI is InChI=1S/C18H11Cl2N3OS2/c19-13-3-4-16(20)11(6-13)7-15-10-22-18(26-15)23-17(24)12(9-21)8-14-2-1-5-25-14/h1-6,8,10H,7H2,(H,22,23,24). The van der Waals surface area contributed by atoms with Gasteiger partial charge in [0.15, 0.2) is 5.13 Å². The second kappa shape index (κ2) is 8.47. The molecule has 0 spiro atoms. The van der Waals surface area contributed by atoms with Crippen molar-refractivity contribution >= 4 is 63.0 Å². The molecule has 130 valence electrons. The van der Waals surface area contributed by atoms with Gasteiger partial charge >= 0.3 is 0 Å². The van der Waals surface area contributed by atoms with Gasteiger partial charge in [-0.2, -0.15) is 5.26 Å². The number of nitriles is 1. The van der Waals surface area contributed by atoms with E-state index < -0.39 is 5.91 Å². The van der Waals surface area contributed by atoms with Gasteiger partial charge in [0.2, 0.25) is 0 Å². The summed E-state index contributed by atoms with van der Waals surface area (Å²) >= 11 is 15.0. The molecule has 0 radical (unpaired) electrons. The molecule has 0 saturated heterocycles. The van der Waals surface area contributed by atoms with E-state index >= 15 is 0 Å². The lowest BCUT2D eigenvalue weighted by atomic mass is 10.1. The highest BCUT2D eigenvalue weighted by molar-refractivity contribution is 7.15. The SMILES string of the molecule is N#CC(=Cc1cccs1)C(=O)Nc1ncc(Cc2cc(Cl)ccc2Cl)s1. The summed E-state index contributed by atoms with van der Waals surface area (Å²) in [5.41, 5.74) is 0.915. The van der Waals surface area contributed by atoms with Gasteiger partial charge in [-0.3, -0.25) is 10.1 Å². The van der Waals surface area contributed by atoms with Gasteiger partial charge in [-0.15, -0.1) is 22.7 Å². The van der Waals surface area contributed by atoms with Crippen molar-refractivity contribution in [3.8, 4) is 6.07 Å². The van der Waals surface area contributed by atoms with Crippen molar-refractivity contribution in [1.29, 1.82) is 5.26 Å². The van der Waals surface area contributed by atoms with Gasteiger partial charge in [-0.1, -0.05) is 29.3 Å². The maximum atomic E-state index is 12.3. The molecular weight excluding hydrogens is 409 g/mol. The number of hydrogen-bond donors (Lipinski definition) is 1. The van der Waals surface area contributed by atoms with Crippen LogP contribution in [0.2, 0.25) is 10.0 Å². The first kappa shape index (κ1) is 18.6. The molecule has 3 aromatic rings. The number of benzene rings is 1. The van der Waals surface area contributed by atoms with Crippen molar-refractivity contribution in [2.75, 3.05) is 5.32 Å². The van der Waals surface area contributed by atoms with E-state index in [1.165, 1.54) is 22.7 Å². The number of thiazole rings is 1. The third kappa shape index (κ3) is 4.71. The first-order chi connectivity index (χ1) is 12.5. The van der Waals surface area contributed by atoms with E-state index in [1.54, 1.807) is 30.5 Å². The molecule has 1 N–H and O–H groups in total. The van der Waals surface area contributed by atoms with Crippen molar-refractivity contribution in [1.82, 2.24) is 4.98 Å². The molecule has 0 fully saturated rings. The number of nitrogens with one attached hydrogen (secondary N) is 1. The highest BCUT2D eigenvalue weighted by atomic mass is 35.5. The maximum Gasteiger partial charge on any atom is 0.268 e. The van der Waals surface area contributed by atoms with Crippen molar-refractivity contribution < 1.29 is 4.79 Å². The highest BCUT2D eigenvalue weighted by Crippen LogP contribution is 2.27. The van der Waals surface area contributed by atoms with Crippen LogP contribution < -0.4 is 5.32 Å². The number of aromatic nitrogens is 1. The van der Waals surface area contributed by atoms with Gasteiger partial charge in [0.05, 0.1) is 0 Å². The molecule has 0 aliphatic heterocycles. The lowest BCUT2D eigenvalue weighted by molar-refractivity contribution is -0.112. The zero-order valence-corrected chi connectivity index (χ0v) is 16.3. The van der Waals surface area contributed by atoms with Crippen LogP contribution in [0.5, 0.6) is 0 Å². The van der Waals surface area contributed by atoms with Crippen LogP contribution in [0.3, 0.4) is 0 Å².